The fourth-order valence-corrected chi connectivity index (χ4v) is 7.69. The summed E-state index contributed by atoms with van der Waals surface area (Å²) in [5.41, 5.74) is 12.9. The molecule has 266 valence electrons. The summed E-state index contributed by atoms with van der Waals surface area (Å²) < 4.78 is 11.4. The van der Waals surface area contributed by atoms with E-state index in [0.29, 0.717) is 0 Å². The van der Waals surface area contributed by atoms with Gasteiger partial charge in [-0.1, -0.05) is 24.3 Å². The Bertz CT molecular complexity index is 1480. The van der Waals surface area contributed by atoms with Crippen LogP contribution in [0, 0.1) is 0 Å². The van der Waals surface area contributed by atoms with E-state index in [9.17, 15) is 0 Å². The van der Waals surface area contributed by atoms with Gasteiger partial charge in [-0.3, -0.25) is 0 Å². The van der Waals surface area contributed by atoms with Gasteiger partial charge in [-0.25, -0.2) is 0 Å². The van der Waals surface area contributed by atoms with Crippen LogP contribution in [-0.4, -0.2) is 101 Å². The molecule has 0 radical (unpaired) electrons. The van der Waals surface area contributed by atoms with Gasteiger partial charge < -0.3 is 29.1 Å². The molecule has 8 heteroatoms. The Hall–Kier alpha value is -4.14. The summed E-state index contributed by atoms with van der Waals surface area (Å²) in [6.07, 6.45) is 12.7. The Morgan fingerprint density at radius 2 is 0.900 bits per heavy atom. The lowest BCUT2D eigenvalue weighted by atomic mass is 10.1. The van der Waals surface area contributed by atoms with Crippen LogP contribution in [0.2, 0.25) is 0 Å². The van der Waals surface area contributed by atoms with E-state index >= 15 is 0 Å². The van der Waals surface area contributed by atoms with Gasteiger partial charge in [-0.2, -0.15) is 10.2 Å². The second-order valence-electron chi connectivity index (χ2n) is 13.3. The van der Waals surface area contributed by atoms with Crippen molar-refractivity contribution in [1.82, 2.24) is 9.80 Å². The first-order valence-corrected chi connectivity index (χ1v) is 18.9. The monoisotopic (exact) mass is 676 g/mol. The van der Waals surface area contributed by atoms with Gasteiger partial charge >= 0.3 is 0 Å². The lowest BCUT2D eigenvalue weighted by Crippen LogP contribution is -2.36. The minimum atomic E-state index is 0.756. The van der Waals surface area contributed by atoms with Crippen molar-refractivity contribution in [2.75, 3.05) is 88.6 Å². The van der Waals surface area contributed by atoms with Crippen molar-refractivity contribution in [3.63, 3.8) is 0 Å². The van der Waals surface area contributed by atoms with Gasteiger partial charge in [-0.15, -0.1) is 0 Å². The molecule has 0 amide bonds. The molecule has 2 aliphatic heterocycles. The normalized spacial score (nSPS) is 20.5. The number of ether oxygens (including phenoxy) is 2. The first kappa shape index (κ1) is 35.7. The smallest absolute Gasteiger partial charge is 0.0642 e. The van der Waals surface area contributed by atoms with E-state index in [2.05, 4.69) is 118 Å². The topological polar surface area (TPSA) is 56.1 Å². The highest BCUT2D eigenvalue weighted by Gasteiger charge is 2.27. The van der Waals surface area contributed by atoms with Crippen molar-refractivity contribution in [3.05, 3.63) is 93.3 Å². The fourth-order valence-electron chi connectivity index (χ4n) is 7.69. The molecule has 2 aliphatic carbocycles. The molecule has 4 aliphatic rings. The van der Waals surface area contributed by atoms with Gasteiger partial charge in [0.2, 0.25) is 0 Å². The predicted octanol–water partition coefficient (Wildman–Crippen LogP) is 7.66. The molecule has 0 saturated carbocycles. The highest BCUT2D eigenvalue weighted by molar-refractivity contribution is 5.87. The molecular weight excluding hydrogens is 621 g/mol. The molecule has 0 atom stereocenters. The van der Waals surface area contributed by atoms with Gasteiger partial charge in [0.05, 0.1) is 38.9 Å². The van der Waals surface area contributed by atoms with Crippen LogP contribution < -0.4 is 9.80 Å². The summed E-state index contributed by atoms with van der Waals surface area (Å²) in [5.74, 6) is 0. The van der Waals surface area contributed by atoms with Crippen molar-refractivity contribution >= 4 is 36.0 Å². The second-order valence-corrected chi connectivity index (χ2v) is 13.3. The molecule has 6 rings (SSSR count). The van der Waals surface area contributed by atoms with Crippen molar-refractivity contribution in [3.8, 4) is 0 Å². The summed E-state index contributed by atoms with van der Waals surface area (Å²) in [6, 6.07) is 18.0. The zero-order chi connectivity index (χ0) is 34.7. The number of morpholine rings is 2. The summed E-state index contributed by atoms with van der Waals surface area (Å²) in [5, 5.41) is 9.36. The van der Waals surface area contributed by atoms with E-state index in [-0.39, 0.29) is 0 Å². The number of rotatable bonds is 13. The molecule has 0 unspecified atom stereocenters. The van der Waals surface area contributed by atoms with E-state index < -0.39 is 0 Å². The SMILES string of the molecule is CCN(CC)c1ccc(C=C2CCC(C=NN=CC3=C(N4CCOCC4)C(=Cc4ccc(N(CC)CC)cc4)CC3)=C2N2CCOCC2)cc1. The Kier molecular flexibility index (Phi) is 12.6. The third-order valence-corrected chi connectivity index (χ3v) is 10.4. The van der Waals surface area contributed by atoms with Crippen molar-refractivity contribution in [2.24, 2.45) is 10.2 Å². The minimum absolute atomic E-state index is 0.756. The first-order valence-electron chi connectivity index (χ1n) is 18.9. The highest BCUT2D eigenvalue weighted by Crippen LogP contribution is 2.37. The van der Waals surface area contributed by atoms with E-state index in [1.54, 1.807) is 0 Å². The maximum absolute atomic E-state index is 5.72. The number of hydrogen-bond acceptors (Lipinski definition) is 8. The van der Waals surface area contributed by atoms with Crippen LogP contribution in [0.5, 0.6) is 0 Å². The van der Waals surface area contributed by atoms with Crippen LogP contribution >= 0.6 is 0 Å². The minimum Gasteiger partial charge on any atom is -0.378 e. The second kappa shape index (κ2) is 17.7. The van der Waals surface area contributed by atoms with Crippen LogP contribution in [0.15, 0.2) is 92.4 Å². The van der Waals surface area contributed by atoms with Crippen LogP contribution in [-0.2, 0) is 9.47 Å². The Balaban J connectivity index is 1.24. The van der Waals surface area contributed by atoms with Crippen LogP contribution in [0.4, 0.5) is 11.4 Å². The number of nitrogens with zero attached hydrogens (tertiary/aromatic N) is 6. The van der Waals surface area contributed by atoms with E-state index in [0.717, 1.165) is 104 Å². The largest absolute Gasteiger partial charge is 0.378 e. The summed E-state index contributed by atoms with van der Waals surface area (Å²) in [7, 11) is 0. The van der Waals surface area contributed by atoms with Crippen molar-refractivity contribution < 1.29 is 9.47 Å². The third-order valence-electron chi connectivity index (χ3n) is 10.4. The van der Waals surface area contributed by atoms with Crippen LogP contribution in [0.3, 0.4) is 0 Å². The molecular formula is C42H56N6O2. The van der Waals surface area contributed by atoms with E-state index in [4.69, 9.17) is 9.47 Å². The zero-order valence-electron chi connectivity index (χ0n) is 30.7. The number of anilines is 2. The molecule has 2 saturated heterocycles. The number of benzene rings is 2. The molecule has 2 heterocycles. The Morgan fingerprint density at radius 3 is 1.24 bits per heavy atom. The molecule has 0 spiro atoms. The quantitative estimate of drug-likeness (QED) is 0.160. The van der Waals surface area contributed by atoms with Gasteiger partial charge in [0.25, 0.3) is 0 Å². The lowest BCUT2D eigenvalue weighted by molar-refractivity contribution is 0.0548. The van der Waals surface area contributed by atoms with Gasteiger partial charge in [-0.05, 0) is 123 Å². The Labute approximate surface area is 300 Å². The van der Waals surface area contributed by atoms with Crippen molar-refractivity contribution in [2.45, 2.75) is 53.4 Å². The number of allylic oxidation sites excluding steroid dienone is 4. The maximum Gasteiger partial charge on any atom is 0.0642 e. The molecule has 2 fully saturated rings. The van der Waals surface area contributed by atoms with Crippen LogP contribution in [0.25, 0.3) is 12.2 Å². The standard InChI is InChI=1S/C42H56N6O2/c1-5-45(6-2)39-17-9-33(10-18-39)29-35-13-15-37(41(35)47-21-25-49-26-22-47)31-43-44-32-38-16-14-36(42(38)48-23-27-50-28-24-48)30-34-11-19-40(20-12-34)46(7-3)8-4/h9-12,17-20,29-32H,5-8,13-16,21-28H2,1-4H3. The summed E-state index contributed by atoms with van der Waals surface area (Å²) in [4.78, 5) is 9.74. The predicted molar refractivity (Wildman–Crippen MR) is 210 cm³/mol. The molecule has 0 bridgehead atoms. The molecule has 50 heavy (non-hydrogen) atoms. The average Bonchev–Trinajstić information content (AvgIpc) is 3.76. The average molecular weight is 677 g/mol. The van der Waals surface area contributed by atoms with Crippen molar-refractivity contribution in [1.29, 1.82) is 0 Å². The molecule has 0 N–H and O–H groups in total. The fraction of sp³-hybridized carbons (Fsp3) is 0.476. The molecule has 2 aromatic rings. The van der Waals surface area contributed by atoms with Crippen LogP contribution in [0.1, 0.15) is 64.5 Å². The lowest BCUT2D eigenvalue weighted by Gasteiger charge is -2.31. The number of hydrogen-bond donors (Lipinski definition) is 0. The molecule has 8 nitrogen and oxygen atoms in total. The van der Waals surface area contributed by atoms with Gasteiger partial charge in [0, 0.05) is 75.1 Å². The van der Waals surface area contributed by atoms with Gasteiger partial charge in [0.15, 0.2) is 0 Å². The third kappa shape index (κ3) is 8.59. The molecule has 2 aromatic carbocycles. The zero-order valence-corrected chi connectivity index (χ0v) is 30.7. The van der Waals surface area contributed by atoms with Gasteiger partial charge in [0.1, 0.15) is 0 Å². The maximum atomic E-state index is 5.72. The first-order chi connectivity index (χ1) is 24.6. The highest BCUT2D eigenvalue weighted by atomic mass is 16.5. The van der Waals surface area contributed by atoms with E-state index in [1.165, 1.54) is 56.2 Å². The summed E-state index contributed by atoms with van der Waals surface area (Å²) >= 11 is 0. The van der Waals surface area contributed by atoms with E-state index in [1.807, 2.05) is 12.4 Å². The Morgan fingerprint density at radius 1 is 0.540 bits per heavy atom. The molecule has 0 aromatic heterocycles. The summed E-state index contributed by atoms with van der Waals surface area (Å²) in [6.45, 7) is 19.5.